The molecule has 1 amide bonds. The Bertz CT molecular complexity index is 417. The Hall–Kier alpha value is -1.79. The molecule has 0 saturated heterocycles. The fourth-order valence-corrected chi connectivity index (χ4v) is 1.57. The predicted octanol–water partition coefficient (Wildman–Crippen LogP) is 2.54. The van der Waals surface area contributed by atoms with Crippen LogP contribution >= 0.6 is 0 Å². The summed E-state index contributed by atoms with van der Waals surface area (Å²) >= 11 is 0. The Balaban J connectivity index is 2.85. The van der Waals surface area contributed by atoms with Gasteiger partial charge >= 0.3 is 6.18 Å². The van der Waals surface area contributed by atoms with Gasteiger partial charge in [-0.15, -0.1) is 0 Å². The molecule has 19 heavy (non-hydrogen) atoms. The quantitative estimate of drug-likeness (QED) is 0.898. The molecule has 0 unspecified atom stereocenters. The first-order chi connectivity index (χ1) is 8.87. The van der Waals surface area contributed by atoms with Crippen molar-refractivity contribution in [1.82, 2.24) is 9.88 Å². The first-order valence-corrected chi connectivity index (χ1v) is 5.87. The summed E-state index contributed by atoms with van der Waals surface area (Å²) in [4.78, 5) is 16.6. The molecule has 0 bridgehead atoms. The van der Waals surface area contributed by atoms with Crippen molar-refractivity contribution in [3.63, 3.8) is 0 Å². The second kappa shape index (κ2) is 6.40. The van der Waals surface area contributed by atoms with E-state index < -0.39 is 18.6 Å². The smallest absolute Gasteiger partial charge is 0.387 e. The third-order valence-electron chi connectivity index (χ3n) is 2.42. The van der Waals surface area contributed by atoms with Crippen molar-refractivity contribution in [3.05, 3.63) is 24.0 Å². The Kier molecular flexibility index (Phi) is 5.14. The van der Waals surface area contributed by atoms with E-state index in [1.54, 1.807) is 20.0 Å². The molecule has 0 radical (unpaired) electrons. The van der Waals surface area contributed by atoms with Crippen LogP contribution in [0.25, 0.3) is 0 Å². The first-order valence-electron chi connectivity index (χ1n) is 5.87. The van der Waals surface area contributed by atoms with Gasteiger partial charge in [0.05, 0.1) is 11.9 Å². The summed E-state index contributed by atoms with van der Waals surface area (Å²) in [6.07, 6.45) is -2.54. The van der Waals surface area contributed by atoms with Gasteiger partial charge in [0.2, 0.25) is 0 Å². The fraction of sp³-hybridized carbons (Fsp3) is 0.500. The van der Waals surface area contributed by atoms with Crippen LogP contribution < -0.4 is 5.32 Å². The Labute approximate surface area is 109 Å². The molecule has 0 atom stereocenters. The lowest BCUT2D eigenvalue weighted by molar-refractivity contribution is -0.140. The predicted molar refractivity (Wildman–Crippen MR) is 66.0 cm³/mol. The van der Waals surface area contributed by atoms with Crippen molar-refractivity contribution in [2.75, 3.05) is 25.5 Å². The number of carbonyl (C=O) groups is 1. The van der Waals surface area contributed by atoms with Gasteiger partial charge in [0.1, 0.15) is 12.2 Å². The zero-order valence-corrected chi connectivity index (χ0v) is 10.8. The third kappa shape index (κ3) is 4.76. The van der Waals surface area contributed by atoms with Crippen LogP contribution in [0.5, 0.6) is 0 Å². The molecule has 106 valence electrons. The summed E-state index contributed by atoms with van der Waals surface area (Å²) in [6, 6.07) is 3.01. The van der Waals surface area contributed by atoms with Crippen LogP contribution in [0, 0.1) is 0 Å². The minimum Gasteiger partial charge on any atom is -0.387 e. The highest BCUT2D eigenvalue weighted by molar-refractivity contribution is 5.92. The van der Waals surface area contributed by atoms with Gasteiger partial charge in [-0.2, -0.15) is 13.2 Å². The standard InChI is InChI=1S/C12H16F3N3O/c1-3-6-18(8-12(13,14)15)11(19)10-5-4-9(16-2)7-17-10/h4-5,7,16H,3,6,8H2,1-2H3. The molecular weight excluding hydrogens is 259 g/mol. The van der Waals surface area contributed by atoms with Gasteiger partial charge in [-0.3, -0.25) is 4.79 Å². The van der Waals surface area contributed by atoms with E-state index in [0.29, 0.717) is 12.1 Å². The molecule has 1 aromatic heterocycles. The lowest BCUT2D eigenvalue weighted by atomic mass is 10.2. The second-order valence-corrected chi connectivity index (χ2v) is 4.02. The van der Waals surface area contributed by atoms with Crippen LogP contribution in [-0.2, 0) is 0 Å². The van der Waals surface area contributed by atoms with E-state index in [4.69, 9.17) is 0 Å². The minimum absolute atomic E-state index is 0.0108. The van der Waals surface area contributed by atoms with E-state index in [0.717, 1.165) is 4.90 Å². The molecule has 1 N–H and O–H groups in total. The summed E-state index contributed by atoms with van der Waals surface area (Å²) in [6.45, 7) is 0.511. The molecule has 7 heteroatoms. The van der Waals surface area contributed by atoms with Crippen LogP contribution in [-0.4, -0.2) is 42.1 Å². The van der Waals surface area contributed by atoms with Crippen molar-refractivity contribution >= 4 is 11.6 Å². The zero-order chi connectivity index (χ0) is 14.5. The van der Waals surface area contributed by atoms with Gasteiger partial charge in [0.25, 0.3) is 5.91 Å². The number of hydrogen-bond acceptors (Lipinski definition) is 3. The first kappa shape index (κ1) is 15.3. The van der Waals surface area contributed by atoms with Crippen molar-refractivity contribution in [1.29, 1.82) is 0 Å². The largest absolute Gasteiger partial charge is 0.406 e. The lowest BCUT2D eigenvalue weighted by Crippen LogP contribution is -2.39. The number of alkyl halides is 3. The van der Waals surface area contributed by atoms with Crippen LogP contribution in [0.3, 0.4) is 0 Å². The normalized spacial score (nSPS) is 11.2. The number of nitrogens with one attached hydrogen (secondary N) is 1. The molecule has 0 saturated carbocycles. The summed E-state index contributed by atoms with van der Waals surface area (Å²) in [5, 5.41) is 2.82. The molecule has 0 aliphatic heterocycles. The number of carbonyl (C=O) groups excluding carboxylic acids is 1. The average molecular weight is 275 g/mol. The molecule has 0 spiro atoms. The Morgan fingerprint density at radius 3 is 2.53 bits per heavy atom. The van der Waals surface area contributed by atoms with Crippen molar-refractivity contribution in [3.8, 4) is 0 Å². The highest BCUT2D eigenvalue weighted by Gasteiger charge is 2.33. The van der Waals surface area contributed by atoms with E-state index in [-0.39, 0.29) is 12.2 Å². The van der Waals surface area contributed by atoms with E-state index in [2.05, 4.69) is 10.3 Å². The maximum Gasteiger partial charge on any atom is 0.406 e. The highest BCUT2D eigenvalue weighted by atomic mass is 19.4. The monoisotopic (exact) mass is 275 g/mol. The molecule has 0 aliphatic carbocycles. The summed E-state index contributed by atoms with van der Waals surface area (Å²) < 4.78 is 37.2. The maximum absolute atomic E-state index is 12.4. The molecule has 1 heterocycles. The number of amides is 1. The van der Waals surface area contributed by atoms with Crippen LogP contribution in [0.2, 0.25) is 0 Å². The van der Waals surface area contributed by atoms with Gasteiger partial charge < -0.3 is 10.2 Å². The molecule has 4 nitrogen and oxygen atoms in total. The SMILES string of the molecule is CCCN(CC(F)(F)F)C(=O)c1ccc(NC)cn1. The van der Waals surface area contributed by atoms with E-state index in [1.165, 1.54) is 12.3 Å². The minimum atomic E-state index is -4.41. The summed E-state index contributed by atoms with van der Waals surface area (Å²) in [5.74, 6) is -0.707. The maximum atomic E-state index is 12.4. The Morgan fingerprint density at radius 2 is 2.11 bits per heavy atom. The molecule has 1 aromatic rings. The van der Waals surface area contributed by atoms with Gasteiger partial charge in [0, 0.05) is 13.6 Å². The number of rotatable bonds is 5. The number of aromatic nitrogens is 1. The number of anilines is 1. The number of hydrogen-bond donors (Lipinski definition) is 1. The average Bonchev–Trinajstić information content (AvgIpc) is 2.36. The Morgan fingerprint density at radius 1 is 1.42 bits per heavy atom. The topological polar surface area (TPSA) is 45.2 Å². The zero-order valence-electron chi connectivity index (χ0n) is 10.8. The molecule has 0 aromatic carbocycles. The van der Waals surface area contributed by atoms with Crippen molar-refractivity contribution < 1.29 is 18.0 Å². The van der Waals surface area contributed by atoms with E-state index >= 15 is 0 Å². The van der Waals surface area contributed by atoms with Crippen LogP contribution in [0.15, 0.2) is 18.3 Å². The highest BCUT2D eigenvalue weighted by Crippen LogP contribution is 2.18. The van der Waals surface area contributed by atoms with Gasteiger partial charge in [0.15, 0.2) is 0 Å². The lowest BCUT2D eigenvalue weighted by Gasteiger charge is -2.23. The number of halogens is 3. The molecule has 0 fully saturated rings. The molecular formula is C12H16F3N3O. The number of pyridine rings is 1. The summed E-state index contributed by atoms with van der Waals surface area (Å²) in [7, 11) is 1.69. The van der Waals surface area contributed by atoms with Crippen LogP contribution in [0.1, 0.15) is 23.8 Å². The van der Waals surface area contributed by atoms with E-state index in [9.17, 15) is 18.0 Å². The van der Waals surface area contributed by atoms with Gasteiger partial charge in [-0.05, 0) is 18.6 Å². The fourth-order valence-electron chi connectivity index (χ4n) is 1.57. The summed E-state index contributed by atoms with van der Waals surface area (Å²) in [5.41, 5.74) is 0.700. The number of nitrogens with zero attached hydrogens (tertiary/aromatic N) is 2. The molecule has 0 aliphatic rings. The third-order valence-corrected chi connectivity index (χ3v) is 2.42. The van der Waals surface area contributed by atoms with Crippen LogP contribution in [0.4, 0.5) is 18.9 Å². The van der Waals surface area contributed by atoms with Crippen molar-refractivity contribution in [2.45, 2.75) is 19.5 Å². The van der Waals surface area contributed by atoms with Crippen molar-refractivity contribution in [2.24, 2.45) is 0 Å². The second-order valence-electron chi connectivity index (χ2n) is 4.02. The van der Waals surface area contributed by atoms with E-state index in [1.807, 2.05) is 0 Å². The molecule has 1 rings (SSSR count). The van der Waals surface area contributed by atoms with Gasteiger partial charge in [-0.25, -0.2) is 4.98 Å². The van der Waals surface area contributed by atoms with Gasteiger partial charge in [-0.1, -0.05) is 6.92 Å².